The summed E-state index contributed by atoms with van der Waals surface area (Å²) in [7, 11) is 3.19. The van der Waals surface area contributed by atoms with Crippen molar-refractivity contribution in [1.82, 2.24) is 19.7 Å². The van der Waals surface area contributed by atoms with E-state index in [1.54, 1.807) is 20.4 Å². The Balaban J connectivity index is 0.00000240. The summed E-state index contributed by atoms with van der Waals surface area (Å²) in [6.45, 7) is 0. The first kappa shape index (κ1) is 22.4. The topological polar surface area (TPSA) is 105 Å². The number of rotatable bonds is 4. The summed E-state index contributed by atoms with van der Waals surface area (Å²) in [5, 5.41) is 19.1. The zero-order valence-corrected chi connectivity index (χ0v) is 21.0. The van der Waals surface area contributed by atoms with E-state index in [9.17, 15) is 9.90 Å². The minimum atomic E-state index is -1.23. The van der Waals surface area contributed by atoms with Crippen LogP contribution in [-0.4, -0.2) is 32.8 Å². The fraction of sp³-hybridized carbons (Fsp3) is 0.263. The molecule has 8 nitrogen and oxygen atoms in total. The summed E-state index contributed by atoms with van der Waals surface area (Å²) in [6.07, 6.45) is 3.91. The number of carboxylic acids is 1. The van der Waals surface area contributed by atoms with Gasteiger partial charge in [0, 0.05) is 23.3 Å². The number of fused-ring (bicyclic) bond motifs is 3. The van der Waals surface area contributed by atoms with Gasteiger partial charge < -0.3 is 20.0 Å². The van der Waals surface area contributed by atoms with Crippen LogP contribution in [0.5, 0.6) is 5.75 Å². The third-order valence-electron chi connectivity index (χ3n) is 4.71. The van der Waals surface area contributed by atoms with Crippen molar-refractivity contribution in [2.45, 2.75) is 19.3 Å². The number of nitrogens with one attached hydrogen (secondary N) is 1. The predicted molar refractivity (Wildman–Crippen MR) is 105 cm³/mol. The van der Waals surface area contributed by atoms with E-state index in [1.807, 2.05) is 18.2 Å². The first-order valence-corrected chi connectivity index (χ1v) is 9.51. The first-order valence-electron chi connectivity index (χ1n) is 8.72. The third kappa shape index (κ3) is 4.42. The molecule has 2 heterocycles. The summed E-state index contributed by atoms with van der Waals surface area (Å²) < 4.78 is 7.64. The molecule has 0 unspecified atom stereocenters. The molecule has 0 saturated heterocycles. The van der Waals surface area contributed by atoms with Crippen molar-refractivity contribution in [3.63, 3.8) is 0 Å². The molecular formula is C19H17BrKN5O3. The second-order valence-electron chi connectivity index (χ2n) is 6.48. The van der Waals surface area contributed by atoms with E-state index in [0.29, 0.717) is 35.1 Å². The number of carbonyl (C=O) groups is 1. The number of carbonyl (C=O) groups excluding carboxylic acids is 1. The molecule has 0 bridgehead atoms. The number of ether oxygens (including phenoxy) is 1. The molecule has 1 aliphatic rings. The van der Waals surface area contributed by atoms with Crippen LogP contribution in [0.15, 0.2) is 28.9 Å². The minimum Gasteiger partial charge on any atom is -0.543 e. The average molecular weight is 482 g/mol. The zero-order chi connectivity index (χ0) is 19.8. The molecule has 4 rings (SSSR count). The van der Waals surface area contributed by atoms with Gasteiger partial charge in [-0.3, -0.25) is 4.68 Å². The van der Waals surface area contributed by atoms with Gasteiger partial charge in [-0.1, -0.05) is 15.9 Å². The van der Waals surface area contributed by atoms with Gasteiger partial charge in [0.1, 0.15) is 11.4 Å². The Morgan fingerprint density at radius 2 is 2.10 bits per heavy atom. The Kier molecular flexibility index (Phi) is 7.13. The van der Waals surface area contributed by atoms with E-state index in [-0.39, 0.29) is 57.1 Å². The molecule has 144 valence electrons. The summed E-state index contributed by atoms with van der Waals surface area (Å²) >= 11 is 3.42. The summed E-state index contributed by atoms with van der Waals surface area (Å²) in [5.74, 6) is -0.203. The molecule has 0 radical (unpaired) electrons. The van der Waals surface area contributed by atoms with Gasteiger partial charge in [-0.15, -0.1) is 0 Å². The van der Waals surface area contributed by atoms with Gasteiger partial charge in [0.25, 0.3) is 0 Å². The number of methoxy groups -OCH3 is 1. The maximum absolute atomic E-state index is 11.6. The summed E-state index contributed by atoms with van der Waals surface area (Å²) in [5.41, 5.74) is 3.63. The van der Waals surface area contributed by atoms with Crippen molar-refractivity contribution in [2.75, 3.05) is 12.4 Å². The van der Waals surface area contributed by atoms with Crippen LogP contribution in [0.25, 0.3) is 11.4 Å². The van der Waals surface area contributed by atoms with Crippen LogP contribution in [0.4, 0.5) is 11.6 Å². The van der Waals surface area contributed by atoms with Crippen molar-refractivity contribution in [2.24, 2.45) is 7.05 Å². The maximum Gasteiger partial charge on any atom is 1.00 e. The van der Waals surface area contributed by atoms with E-state index < -0.39 is 5.97 Å². The number of aromatic nitrogens is 4. The molecule has 1 aromatic carbocycles. The normalized spacial score (nSPS) is 12.2. The van der Waals surface area contributed by atoms with Crippen molar-refractivity contribution >= 4 is 33.5 Å². The fourth-order valence-corrected chi connectivity index (χ4v) is 3.79. The quantitative estimate of drug-likeness (QED) is 0.488. The van der Waals surface area contributed by atoms with Crippen LogP contribution in [0.1, 0.15) is 28.0 Å². The smallest absolute Gasteiger partial charge is 0.543 e. The maximum atomic E-state index is 11.6. The zero-order valence-electron chi connectivity index (χ0n) is 16.3. The molecule has 1 aliphatic carbocycles. The van der Waals surface area contributed by atoms with Crippen molar-refractivity contribution < 1.29 is 66.0 Å². The van der Waals surface area contributed by atoms with E-state index in [0.717, 1.165) is 28.6 Å². The molecule has 0 atom stereocenters. The first-order chi connectivity index (χ1) is 13.5. The van der Waals surface area contributed by atoms with Gasteiger partial charge >= 0.3 is 51.4 Å². The Morgan fingerprint density at radius 3 is 2.83 bits per heavy atom. The minimum absolute atomic E-state index is 0. The number of nitrogens with zero attached hydrogens (tertiary/aromatic N) is 4. The van der Waals surface area contributed by atoms with Gasteiger partial charge in [-0.25, -0.2) is 9.97 Å². The monoisotopic (exact) mass is 481 g/mol. The van der Waals surface area contributed by atoms with E-state index in [4.69, 9.17) is 4.74 Å². The van der Waals surface area contributed by atoms with E-state index >= 15 is 0 Å². The van der Waals surface area contributed by atoms with Crippen LogP contribution in [0.3, 0.4) is 0 Å². The van der Waals surface area contributed by atoms with E-state index in [1.165, 1.54) is 4.68 Å². The van der Waals surface area contributed by atoms with E-state index in [2.05, 4.69) is 36.3 Å². The van der Waals surface area contributed by atoms with Gasteiger partial charge in [0.2, 0.25) is 5.95 Å². The van der Waals surface area contributed by atoms with Crippen molar-refractivity contribution in [3.05, 3.63) is 45.7 Å². The number of hydrogen-bond acceptors (Lipinski definition) is 7. The average Bonchev–Trinajstić information content (AvgIpc) is 2.90. The molecule has 29 heavy (non-hydrogen) atoms. The molecular weight excluding hydrogens is 465 g/mol. The molecule has 1 N–H and O–H groups in total. The molecule has 0 spiro atoms. The summed E-state index contributed by atoms with van der Waals surface area (Å²) in [6, 6.07) is 5.59. The van der Waals surface area contributed by atoms with Gasteiger partial charge in [-0.2, -0.15) is 5.10 Å². The number of aryl methyl sites for hydroxylation is 2. The number of benzene rings is 1. The molecule has 0 aliphatic heterocycles. The largest absolute Gasteiger partial charge is 1.00 e. The standard InChI is InChI=1S/C19H18BrN5O3.K/c1-25-17(18(26)27)12-5-3-4-10-9-21-19(23-15(10)16(12)24-25)22-13-7-6-11(20)8-14(13)28-2;/h6-9H,3-5H2,1-2H3,(H,26,27)(H,21,22,23);/q;+1/p-1. The van der Waals surface area contributed by atoms with Crippen molar-refractivity contribution in [1.29, 1.82) is 0 Å². The number of anilines is 2. The Hall–Kier alpha value is -1.30. The van der Waals surface area contributed by atoms with Gasteiger partial charge in [0.05, 0.1) is 30.2 Å². The Labute approximate surface area is 218 Å². The molecule has 0 saturated carbocycles. The van der Waals surface area contributed by atoms with Crippen LogP contribution in [-0.2, 0) is 19.9 Å². The molecule has 0 fully saturated rings. The number of hydrogen-bond donors (Lipinski definition) is 1. The molecule has 10 heteroatoms. The number of carboxylic acid groups (broad SMARTS) is 1. The third-order valence-corrected chi connectivity index (χ3v) is 5.20. The van der Waals surface area contributed by atoms with Crippen LogP contribution < -0.4 is 66.5 Å². The van der Waals surface area contributed by atoms with Gasteiger partial charge in [0.15, 0.2) is 0 Å². The molecule has 0 amide bonds. The number of aromatic carboxylic acids is 1. The molecule has 3 aromatic rings. The van der Waals surface area contributed by atoms with Gasteiger partial charge in [-0.05, 0) is 43.0 Å². The number of halogens is 1. The molecule has 2 aromatic heterocycles. The summed E-state index contributed by atoms with van der Waals surface area (Å²) in [4.78, 5) is 20.6. The van der Waals surface area contributed by atoms with Crippen LogP contribution in [0.2, 0.25) is 0 Å². The second kappa shape index (κ2) is 9.23. The predicted octanol–water partition coefficient (Wildman–Crippen LogP) is -0.752. The second-order valence-corrected chi connectivity index (χ2v) is 7.39. The van der Waals surface area contributed by atoms with Crippen LogP contribution in [0, 0.1) is 0 Å². The van der Waals surface area contributed by atoms with Crippen LogP contribution >= 0.6 is 15.9 Å². The Morgan fingerprint density at radius 1 is 1.31 bits per heavy atom. The Bertz CT molecular complexity index is 1090. The van der Waals surface area contributed by atoms with Crippen molar-refractivity contribution in [3.8, 4) is 17.1 Å². The SMILES string of the molecule is COc1cc(Br)ccc1Nc1ncc2c(n1)-c1nn(C)c(C(=O)[O-])c1CCC2.[K+]. The fourth-order valence-electron chi connectivity index (χ4n) is 3.45.